The van der Waals surface area contributed by atoms with Crippen LogP contribution in [-0.4, -0.2) is 15.9 Å². The summed E-state index contributed by atoms with van der Waals surface area (Å²) in [6.45, 7) is 0. The number of carbonyl (C=O) groups is 1. The lowest BCUT2D eigenvalue weighted by atomic mass is 10.2. The monoisotopic (exact) mass is 334 g/mol. The predicted molar refractivity (Wildman–Crippen MR) is 93.5 cm³/mol. The van der Waals surface area contributed by atoms with Gasteiger partial charge in [0.25, 0.3) is 0 Å². The summed E-state index contributed by atoms with van der Waals surface area (Å²) < 4.78 is 0. The molecule has 0 bridgehead atoms. The molecule has 1 N–H and O–H groups in total. The topological polar surface area (TPSA) is 78.7 Å². The number of aryl methyl sites for hydroxylation is 1. The minimum atomic E-state index is -0.0975. The van der Waals surface area contributed by atoms with Crippen molar-refractivity contribution in [2.24, 2.45) is 0 Å². The quantitative estimate of drug-likeness (QED) is 0.772. The predicted octanol–water partition coefficient (Wildman–Crippen LogP) is 3.65. The number of pyridine rings is 1. The third kappa shape index (κ3) is 4.03. The first-order chi connectivity index (χ1) is 11.7. The van der Waals surface area contributed by atoms with Gasteiger partial charge in [-0.1, -0.05) is 12.1 Å². The zero-order chi connectivity index (χ0) is 16.8. The van der Waals surface area contributed by atoms with Gasteiger partial charge in [0.15, 0.2) is 0 Å². The molecule has 0 unspecified atom stereocenters. The van der Waals surface area contributed by atoms with Crippen molar-refractivity contribution >= 4 is 22.9 Å². The van der Waals surface area contributed by atoms with Gasteiger partial charge in [-0.15, -0.1) is 11.3 Å². The Morgan fingerprint density at radius 2 is 2.12 bits per heavy atom. The highest BCUT2D eigenvalue weighted by molar-refractivity contribution is 7.09. The smallest absolute Gasteiger partial charge is 0.224 e. The molecule has 6 heteroatoms. The highest BCUT2D eigenvalue weighted by Gasteiger charge is 2.08. The average Bonchev–Trinajstić information content (AvgIpc) is 3.10. The summed E-state index contributed by atoms with van der Waals surface area (Å²) in [5.74, 6) is -0.0975. The number of aromatic nitrogens is 2. The number of nitrogens with zero attached hydrogens (tertiary/aromatic N) is 3. The minimum absolute atomic E-state index is 0.0975. The summed E-state index contributed by atoms with van der Waals surface area (Å²) >= 11 is 1.52. The van der Waals surface area contributed by atoms with E-state index in [4.69, 9.17) is 5.26 Å². The highest BCUT2D eigenvalue weighted by Crippen LogP contribution is 2.20. The van der Waals surface area contributed by atoms with E-state index < -0.39 is 0 Å². The van der Waals surface area contributed by atoms with Crippen molar-refractivity contribution < 1.29 is 4.79 Å². The molecule has 0 fully saturated rings. The normalized spacial score (nSPS) is 10.1. The van der Waals surface area contributed by atoms with Crippen LogP contribution in [0.2, 0.25) is 0 Å². The van der Waals surface area contributed by atoms with Crippen molar-refractivity contribution in [1.29, 1.82) is 5.26 Å². The number of anilines is 1. The van der Waals surface area contributed by atoms with Gasteiger partial charge in [-0.2, -0.15) is 5.26 Å². The Labute approximate surface area is 143 Å². The first-order valence-electron chi connectivity index (χ1n) is 7.40. The average molecular weight is 334 g/mol. The molecule has 0 aliphatic rings. The first kappa shape index (κ1) is 15.8. The number of carbonyl (C=O) groups excluding carboxylic acids is 1. The Hall–Kier alpha value is -3.04. The van der Waals surface area contributed by atoms with Gasteiger partial charge >= 0.3 is 0 Å². The number of rotatable bonds is 5. The molecule has 0 aliphatic heterocycles. The summed E-state index contributed by atoms with van der Waals surface area (Å²) in [6.07, 6.45) is 2.64. The summed E-state index contributed by atoms with van der Waals surface area (Å²) in [5.41, 5.74) is 2.82. The van der Waals surface area contributed by atoms with E-state index in [9.17, 15) is 4.79 Å². The molecule has 2 heterocycles. The molecule has 0 spiro atoms. The van der Waals surface area contributed by atoms with Crippen LogP contribution in [0.4, 0.5) is 5.69 Å². The summed E-state index contributed by atoms with van der Waals surface area (Å²) in [7, 11) is 0. The van der Waals surface area contributed by atoms with E-state index in [0.29, 0.717) is 24.1 Å². The van der Waals surface area contributed by atoms with Gasteiger partial charge < -0.3 is 5.32 Å². The molecule has 5 nitrogen and oxygen atoms in total. The molecule has 2 aromatic heterocycles. The second-order valence-electron chi connectivity index (χ2n) is 5.08. The third-order valence-corrected chi connectivity index (χ3v) is 4.23. The number of amides is 1. The Bertz CT molecular complexity index is 883. The molecule has 0 atom stereocenters. The van der Waals surface area contributed by atoms with Crippen molar-refractivity contribution in [3.8, 4) is 17.5 Å². The van der Waals surface area contributed by atoms with Gasteiger partial charge in [-0.25, -0.2) is 4.98 Å². The fraction of sp³-hybridized carbons (Fsp3) is 0.111. The zero-order valence-corrected chi connectivity index (χ0v) is 13.6. The molecule has 1 aromatic carbocycles. The lowest BCUT2D eigenvalue weighted by molar-refractivity contribution is -0.116. The van der Waals surface area contributed by atoms with E-state index >= 15 is 0 Å². The van der Waals surface area contributed by atoms with Crippen LogP contribution < -0.4 is 5.32 Å². The molecule has 24 heavy (non-hydrogen) atoms. The van der Waals surface area contributed by atoms with Crippen molar-refractivity contribution in [3.05, 3.63) is 64.6 Å². The summed E-state index contributed by atoms with van der Waals surface area (Å²) in [5, 5.41) is 14.5. The third-order valence-electron chi connectivity index (χ3n) is 3.32. The molecule has 0 aliphatic carbocycles. The molecule has 3 rings (SSSR count). The standard InChI is InChI=1S/C18H14N4OS/c19-11-13-4-3-5-14(10-13)21-17(23)7-8-18-22-16(12-24-18)15-6-1-2-9-20-15/h1-6,9-10,12H,7-8H2,(H,21,23). The molecule has 0 saturated carbocycles. The lowest BCUT2D eigenvalue weighted by Gasteiger charge is -2.04. The van der Waals surface area contributed by atoms with Crippen molar-refractivity contribution in [2.45, 2.75) is 12.8 Å². The molecule has 118 valence electrons. The van der Waals surface area contributed by atoms with Gasteiger partial charge in [0.05, 0.1) is 28.0 Å². The zero-order valence-electron chi connectivity index (χ0n) is 12.8. The Balaban J connectivity index is 1.57. The van der Waals surface area contributed by atoms with Gasteiger partial charge in [-0.05, 0) is 30.3 Å². The molecule has 3 aromatic rings. The van der Waals surface area contributed by atoms with E-state index in [1.165, 1.54) is 11.3 Å². The van der Waals surface area contributed by atoms with Crippen molar-refractivity contribution in [3.63, 3.8) is 0 Å². The fourth-order valence-electron chi connectivity index (χ4n) is 2.17. The van der Waals surface area contributed by atoms with Gasteiger partial charge in [-0.3, -0.25) is 9.78 Å². The molecular weight excluding hydrogens is 320 g/mol. The SMILES string of the molecule is N#Cc1cccc(NC(=O)CCc2nc(-c3ccccn3)cs2)c1. The van der Waals surface area contributed by atoms with Gasteiger partial charge in [0.2, 0.25) is 5.91 Å². The van der Waals surface area contributed by atoms with E-state index in [1.54, 1.807) is 30.5 Å². The first-order valence-corrected chi connectivity index (χ1v) is 8.28. The van der Waals surface area contributed by atoms with E-state index in [1.807, 2.05) is 23.6 Å². The molecule has 0 radical (unpaired) electrons. The van der Waals surface area contributed by atoms with E-state index in [0.717, 1.165) is 16.4 Å². The lowest BCUT2D eigenvalue weighted by Crippen LogP contribution is -2.12. The molecule has 0 saturated heterocycles. The Morgan fingerprint density at radius 3 is 2.92 bits per heavy atom. The summed E-state index contributed by atoms with van der Waals surface area (Å²) in [4.78, 5) is 20.8. The summed E-state index contributed by atoms with van der Waals surface area (Å²) in [6, 6.07) is 14.6. The van der Waals surface area contributed by atoms with E-state index in [2.05, 4.69) is 21.4 Å². The van der Waals surface area contributed by atoms with Crippen molar-refractivity contribution in [2.75, 3.05) is 5.32 Å². The van der Waals surface area contributed by atoms with Crippen LogP contribution in [0, 0.1) is 11.3 Å². The van der Waals surface area contributed by atoms with Crippen LogP contribution in [0.3, 0.4) is 0 Å². The fourth-order valence-corrected chi connectivity index (χ4v) is 2.96. The molecule has 1 amide bonds. The second kappa shape index (κ2) is 7.49. The van der Waals surface area contributed by atoms with Gasteiger partial charge in [0, 0.05) is 30.1 Å². The van der Waals surface area contributed by atoms with Crippen LogP contribution >= 0.6 is 11.3 Å². The minimum Gasteiger partial charge on any atom is -0.326 e. The van der Waals surface area contributed by atoms with E-state index in [-0.39, 0.29) is 5.91 Å². The van der Waals surface area contributed by atoms with Crippen LogP contribution in [0.1, 0.15) is 17.0 Å². The number of hydrogen-bond donors (Lipinski definition) is 1. The maximum Gasteiger partial charge on any atom is 0.224 e. The Kier molecular flexibility index (Phi) is 4.94. The van der Waals surface area contributed by atoms with Gasteiger partial charge in [0.1, 0.15) is 0 Å². The maximum atomic E-state index is 12.0. The number of thiazole rings is 1. The van der Waals surface area contributed by atoms with Crippen LogP contribution in [-0.2, 0) is 11.2 Å². The maximum absolute atomic E-state index is 12.0. The van der Waals surface area contributed by atoms with Crippen LogP contribution in [0.15, 0.2) is 54.0 Å². The molecular formula is C18H14N4OS. The van der Waals surface area contributed by atoms with Crippen LogP contribution in [0.5, 0.6) is 0 Å². The number of nitrogens with one attached hydrogen (secondary N) is 1. The Morgan fingerprint density at radius 1 is 1.21 bits per heavy atom. The van der Waals surface area contributed by atoms with Crippen LogP contribution in [0.25, 0.3) is 11.4 Å². The number of benzene rings is 1. The largest absolute Gasteiger partial charge is 0.326 e. The number of nitriles is 1. The van der Waals surface area contributed by atoms with Crippen molar-refractivity contribution in [1.82, 2.24) is 9.97 Å². The number of hydrogen-bond acceptors (Lipinski definition) is 5. The second-order valence-corrected chi connectivity index (χ2v) is 6.02. The highest BCUT2D eigenvalue weighted by atomic mass is 32.1.